The van der Waals surface area contributed by atoms with Gasteiger partial charge in [0.1, 0.15) is 0 Å². The van der Waals surface area contributed by atoms with E-state index in [0.29, 0.717) is 0 Å². The van der Waals surface area contributed by atoms with E-state index in [1.807, 2.05) is 0 Å². The molecule has 0 amide bonds. The maximum atomic E-state index is 12.2. The topological polar surface area (TPSA) is 0 Å². The third kappa shape index (κ3) is 5.83. The third-order valence-electron chi connectivity index (χ3n) is 2.87. The highest BCUT2D eigenvalue weighted by Crippen LogP contribution is 2.32. The molecule has 0 aliphatic rings. The maximum Gasteiger partial charge on any atom is 0.416 e. The summed E-state index contributed by atoms with van der Waals surface area (Å²) in [5.74, 6) is 0. The summed E-state index contributed by atoms with van der Waals surface area (Å²) in [7, 11) is 0. The summed E-state index contributed by atoms with van der Waals surface area (Å²) < 4.78 is 36.6. The van der Waals surface area contributed by atoms with Gasteiger partial charge >= 0.3 is 6.18 Å². The van der Waals surface area contributed by atoms with Gasteiger partial charge in [0, 0.05) is 10.7 Å². The molecular formula is C16H15Br2F3. The lowest BCUT2D eigenvalue weighted by Crippen LogP contribution is -2.07. The Morgan fingerprint density at radius 3 is 1.67 bits per heavy atom. The standard InChI is InChI=1S/C8H6BrF3.C8H9Br/c9-5-6-3-1-2-4-7(6)8(10,11)12;1-7-4-2-3-5-8(7)6-9/h1-4H,5H2;2-5H,6H2,1H3. The van der Waals surface area contributed by atoms with E-state index >= 15 is 0 Å². The van der Waals surface area contributed by atoms with Crippen LogP contribution in [0.2, 0.25) is 0 Å². The second-order valence-electron chi connectivity index (χ2n) is 4.35. The summed E-state index contributed by atoms with van der Waals surface area (Å²) in [4.78, 5) is 0. The molecule has 0 unspecified atom stereocenters. The minimum Gasteiger partial charge on any atom is -0.166 e. The molecule has 2 aromatic carbocycles. The number of alkyl halides is 5. The Hall–Kier alpha value is -0.810. The highest BCUT2D eigenvalue weighted by molar-refractivity contribution is 9.08. The van der Waals surface area contributed by atoms with Gasteiger partial charge < -0.3 is 0 Å². The average molecular weight is 424 g/mol. The van der Waals surface area contributed by atoms with E-state index in [4.69, 9.17) is 0 Å². The summed E-state index contributed by atoms with van der Waals surface area (Å²) in [5, 5.41) is 1.18. The molecule has 0 spiro atoms. The predicted molar refractivity (Wildman–Crippen MR) is 87.9 cm³/mol. The van der Waals surface area contributed by atoms with Gasteiger partial charge in [-0.15, -0.1) is 0 Å². The van der Waals surface area contributed by atoms with Crippen LogP contribution in [0.3, 0.4) is 0 Å². The molecule has 0 radical (unpaired) electrons. The average Bonchev–Trinajstić information content (AvgIpc) is 2.47. The van der Waals surface area contributed by atoms with Gasteiger partial charge in [-0.3, -0.25) is 0 Å². The van der Waals surface area contributed by atoms with Crippen LogP contribution in [0, 0.1) is 6.92 Å². The summed E-state index contributed by atoms with van der Waals surface area (Å²) in [6, 6.07) is 13.9. The van der Waals surface area contributed by atoms with Gasteiger partial charge in [0.2, 0.25) is 0 Å². The molecule has 114 valence electrons. The number of benzene rings is 2. The summed E-state index contributed by atoms with van der Waals surface area (Å²) in [6.45, 7) is 2.12. The van der Waals surface area contributed by atoms with E-state index in [-0.39, 0.29) is 10.9 Å². The Bertz CT molecular complexity index is 565. The quantitative estimate of drug-likeness (QED) is 0.484. The first kappa shape index (κ1) is 18.2. The van der Waals surface area contributed by atoms with Crippen LogP contribution < -0.4 is 0 Å². The van der Waals surface area contributed by atoms with Gasteiger partial charge in [0.05, 0.1) is 5.56 Å². The molecule has 0 heterocycles. The largest absolute Gasteiger partial charge is 0.416 e. The van der Waals surface area contributed by atoms with Crippen LogP contribution in [0.15, 0.2) is 48.5 Å². The van der Waals surface area contributed by atoms with Crippen molar-refractivity contribution in [2.24, 2.45) is 0 Å². The van der Waals surface area contributed by atoms with E-state index in [9.17, 15) is 13.2 Å². The Labute approximate surface area is 139 Å². The van der Waals surface area contributed by atoms with Crippen LogP contribution in [0.1, 0.15) is 22.3 Å². The molecule has 0 N–H and O–H groups in total. The Kier molecular flexibility index (Phi) is 7.46. The highest BCUT2D eigenvalue weighted by atomic mass is 79.9. The summed E-state index contributed by atoms with van der Waals surface area (Å²) in [5.41, 5.74) is 2.43. The second kappa shape index (κ2) is 8.59. The highest BCUT2D eigenvalue weighted by Gasteiger charge is 2.32. The smallest absolute Gasteiger partial charge is 0.166 e. The number of aryl methyl sites for hydroxylation is 1. The lowest BCUT2D eigenvalue weighted by Gasteiger charge is -2.09. The van der Waals surface area contributed by atoms with Crippen LogP contribution >= 0.6 is 31.9 Å². The molecule has 2 aromatic rings. The van der Waals surface area contributed by atoms with Crippen LogP contribution in [0.5, 0.6) is 0 Å². The fraction of sp³-hybridized carbons (Fsp3) is 0.250. The first-order valence-electron chi connectivity index (χ1n) is 6.21. The number of hydrogen-bond acceptors (Lipinski definition) is 0. The van der Waals surface area contributed by atoms with Gasteiger partial charge in [0.15, 0.2) is 0 Å². The molecule has 0 aliphatic heterocycles. The predicted octanol–water partition coefficient (Wildman–Crippen LogP) is 6.49. The van der Waals surface area contributed by atoms with Crippen LogP contribution in [-0.4, -0.2) is 0 Å². The number of hydrogen-bond donors (Lipinski definition) is 0. The van der Waals surface area contributed by atoms with Gasteiger partial charge in [-0.2, -0.15) is 13.2 Å². The molecular weight excluding hydrogens is 409 g/mol. The van der Waals surface area contributed by atoms with Crippen LogP contribution in [-0.2, 0) is 16.8 Å². The molecule has 0 saturated heterocycles. The first-order valence-corrected chi connectivity index (χ1v) is 8.46. The summed E-state index contributed by atoms with van der Waals surface area (Å²) >= 11 is 6.41. The molecule has 0 nitrogen and oxygen atoms in total. The Balaban J connectivity index is 0.000000219. The zero-order valence-corrected chi connectivity index (χ0v) is 14.6. The molecule has 0 fully saturated rings. The van der Waals surface area contributed by atoms with Crippen molar-refractivity contribution >= 4 is 31.9 Å². The Morgan fingerprint density at radius 2 is 1.29 bits per heavy atom. The SMILES string of the molecule is Cc1ccccc1CBr.FC(F)(F)c1ccccc1CBr. The molecule has 0 saturated carbocycles. The van der Waals surface area contributed by atoms with Crippen LogP contribution in [0.25, 0.3) is 0 Å². The van der Waals surface area contributed by atoms with Crippen LogP contribution in [0.4, 0.5) is 13.2 Å². The minimum absolute atomic E-state index is 0.225. The molecule has 2 rings (SSSR count). The van der Waals surface area contributed by atoms with Crippen molar-refractivity contribution in [2.75, 3.05) is 0 Å². The van der Waals surface area contributed by atoms with Gasteiger partial charge in [0.25, 0.3) is 0 Å². The van der Waals surface area contributed by atoms with E-state index in [1.54, 1.807) is 6.07 Å². The van der Waals surface area contributed by atoms with Crippen molar-refractivity contribution in [3.05, 3.63) is 70.8 Å². The number of halogens is 5. The molecule has 0 atom stereocenters. The van der Waals surface area contributed by atoms with Crippen molar-refractivity contribution in [1.29, 1.82) is 0 Å². The molecule has 5 heteroatoms. The first-order chi connectivity index (χ1) is 9.90. The van der Waals surface area contributed by atoms with E-state index in [1.165, 1.54) is 23.3 Å². The molecule has 0 aromatic heterocycles. The third-order valence-corrected chi connectivity index (χ3v) is 4.08. The lowest BCUT2D eigenvalue weighted by atomic mass is 10.1. The van der Waals surface area contributed by atoms with Crippen molar-refractivity contribution in [3.8, 4) is 0 Å². The van der Waals surface area contributed by atoms with Gasteiger partial charge in [-0.05, 0) is 29.7 Å². The summed E-state index contributed by atoms with van der Waals surface area (Å²) in [6.07, 6.45) is -4.25. The van der Waals surface area contributed by atoms with E-state index in [0.717, 1.165) is 11.4 Å². The molecule has 0 bridgehead atoms. The van der Waals surface area contributed by atoms with Crippen molar-refractivity contribution in [3.63, 3.8) is 0 Å². The fourth-order valence-electron chi connectivity index (χ4n) is 1.67. The second-order valence-corrected chi connectivity index (χ2v) is 5.47. The zero-order valence-electron chi connectivity index (χ0n) is 11.4. The molecule has 0 aliphatic carbocycles. The zero-order chi connectivity index (χ0) is 15.9. The van der Waals surface area contributed by atoms with Crippen molar-refractivity contribution < 1.29 is 13.2 Å². The van der Waals surface area contributed by atoms with Crippen molar-refractivity contribution in [1.82, 2.24) is 0 Å². The maximum absolute atomic E-state index is 12.2. The Morgan fingerprint density at radius 1 is 0.810 bits per heavy atom. The molecule has 21 heavy (non-hydrogen) atoms. The van der Waals surface area contributed by atoms with Crippen molar-refractivity contribution in [2.45, 2.75) is 23.8 Å². The normalized spacial score (nSPS) is 10.8. The monoisotopic (exact) mass is 422 g/mol. The number of rotatable bonds is 2. The van der Waals surface area contributed by atoms with E-state index in [2.05, 4.69) is 63.0 Å². The van der Waals surface area contributed by atoms with Gasteiger partial charge in [-0.1, -0.05) is 74.3 Å². The fourth-order valence-corrected chi connectivity index (χ4v) is 2.79. The van der Waals surface area contributed by atoms with Gasteiger partial charge in [-0.25, -0.2) is 0 Å². The van der Waals surface area contributed by atoms with E-state index < -0.39 is 11.7 Å². The minimum atomic E-state index is -4.25. The lowest BCUT2D eigenvalue weighted by molar-refractivity contribution is -0.138.